The monoisotopic (exact) mass is 382 g/mol. The Morgan fingerprint density at radius 2 is 2.18 bits per heavy atom. The summed E-state index contributed by atoms with van der Waals surface area (Å²) in [5.74, 6) is -0.844. The lowest BCUT2D eigenvalue weighted by molar-refractivity contribution is -0.152. The molecular weight excluding hydrogens is 360 g/mol. The Labute approximate surface area is 162 Å². The fourth-order valence-corrected chi connectivity index (χ4v) is 4.18. The highest BCUT2D eigenvalue weighted by atomic mass is 16.5. The maximum absolute atomic E-state index is 13.0. The van der Waals surface area contributed by atoms with Crippen molar-refractivity contribution in [2.45, 2.75) is 31.2 Å². The van der Waals surface area contributed by atoms with Crippen molar-refractivity contribution in [1.29, 1.82) is 0 Å². The number of carbonyl (C=O) groups is 2. The number of amides is 1. The van der Waals surface area contributed by atoms with Crippen molar-refractivity contribution in [1.82, 2.24) is 15.1 Å². The van der Waals surface area contributed by atoms with Crippen molar-refractivity contribution in [3.05, 3.63) is 57.6 Å². The molecule has 0 aromatic heterocycles. The van der Waals surface area contributed by atoms with Gasteiger partial charge in [0.15, 0.2) is 0 Å². The Hall–Kier alpha value is -2.87. The van der Waals surface area contributed by atoms with Crippen LogP contribution >= 0.6 is 0 Å². The molecule has 2 fully saturated rings. The third-order valence-electron chi connectivity index (χ3n) is 5.66. The molecule has 1 aromatic carbocycles. The lowest BCUT2D eigenvalue weighted by Crippen LogP contribution is -2.61. The van der Waals surface area contributed by atoms with Crippen molar-refractivity contribution < 1.29 is 14.3 Å². The number of piperazine rings is 1. The normalized spacial score (nSPS) is 27.1. The minimum atomic E-state index is -0.749. The zero-order chi connectivity index (χ0) is 19.7. The summed E-state index contributed by atoms with van der Waals surface area (Å²) >= 11 is 0. The fraction of sp³-hybridized carbons (Fsp3) is 0.474. The van der Waals surface area contributed by atoms with E-state index in [9.17, 15) is 9.59 Å². The van der Waals surface area contributed by atoms with Crippen LogP contribution in [0.4, 0.5) is 0 Å². The number of esters is 1. The second-order valence-electron chi connectivity index (χ2n) is 7.27. The number of likely N-dealkylation sites (N-methyl/N-ethyl adjacent to an activating group) is 1. The van der Waals surface area contributed by atoms with E-state index in [1.54, 1.807) is 0 Å². The van der Waals surface area contributed by atoms with Crippen LogP contribution in [0.3, 0.4) is 0 Å². The minimum absolute atomic E-state index is 0.00172. The molecule has 1 amide bonds. The van der Waals surface area contributed by atoms with Crippen LogP contribution in [-0.2, 0) is 20.9 Å². The Morgan fingerprint density at radius 3 is 2.89 bits per heavy atom. The maximum atomic E-state index is 13.0. The van der Waals surface area contributed by atoms with Gasteiger partial charge < -0.3 is 15.0 Å². The van der Waals surface area contributed by atoms with E-state index in [4.69, 9.17) is 10.3 Å². The molecule has 3 aliphatic heterocycles. The molecule has 0 radical (unpaired) electrons. The number of hydrogen-bond donors (Lipinski definition) is 1. The smallest absolute Gasteiger partial charge is 0.355 e. The molecule has 0 saturated carbocycles. The molecule has 3 atom stereocenters. The molecule has 1 aromatic rings. The molecule has 28 heavy (non-hydrogen) atoms. The minimum Gasteiger partial charge on any atom is -0.456 e. The van der Waals surface area contributed by atoms with Crippen LogP contribution in [-0.4, -0.2) is 66.5 Å². The lowest BCUT2D eigenvalue weighted by atomic mass is 9.92. The number of β-lactam (4-membered cyclic amide) rings is 1. The number of rotatable bonds is 5. The predicted octanol–water partition coefficient (Wildman–Crippen LogP) is 1.18. The highest BCUT2D eigenvalue weighted by Gasteiger charge is 2.56. The molecule has 3 unspecified atom stereocenters. The van der Waals surface area contributed by atoms with Crippen LogP contribution in [0.2, 0.25) is 0 Å². The van der Waals surface area contributed by atoms with E-state index in [0.29, 0.717) is 18.7 Å². The summed E-state index contributed by atoms with van der Waals surface area (Å²) in [6.45, 7) is 2.56. The molecular formula is C19H22N6O3. The summed E-state index contributed by atoms with van der Waals surface area (Å²) in [6.07, 6.45) is 0.516. The van der Waals surface area contributed by atoms with Crippen LogP contribution in [0.15, 0.2) is 46.7 Å². The topological polar surface area (TPSA) is 111 Å². The van der Waals surface area contributed by atoms with Gasteiger partial charge in [-0.25, -0.2) is 4.79 Å². The molecule has 146 valence electrons. The van der Waals surface area contributed by atoms with Crippen LogP contribution < -0.4 is 5.32 Å². The molecule has 1 N–H and O–H groups in total. The van der Waals surface area contributed by atoms with E-state index < -0.39 is 12.0 Å². The van der Waals surface area contributed by atoms with Gasteiger partial charge in [-0.1, -0.05) is 35.4 Å². The summed E-state index contributed by atoms with van der Waals surface area (Å²) in [4.78, 5) is 31.9. The number of ether oxygens (including phenoxy) is 1. The number of azide groups is 1. The maximum Gasteiger partial charge on any atom is 0.355 e. The predicted molar refractivity (Wildman–Crippen MR) is 101 cm³/mol. The fourth-order valence-electron chi connectivity index (χ4n) is 4.18. The first-order chi connectivity index (χ1) is 13.6. The van der Waals surface area contributed by atoms with Crippen LogP contribution in [0.1, 0.15) is 12.0 Å². The summed E-state index contributed by atoms with van der Waals surface area (Å²) in [6, 6.07) is 8.37. The Bertz CT molecular complexity index is 864. The van der Waals surface area contributed by atoms with Crippen molar-refractivity contribution in [3.63, 3.8) is 0 Å². The average Bonchev–Trinajstić information content (AvgIpc) is 3.07. The summed E-state index contributed by atoms with van der Waals surface area (Å²) in [7, 11) is 2.01. The van der Waals surface area contributed by atoms with Crippen molar-refractivity contribution >= 4 is 11.9 Å². The van der Waals surface area contributed by atoms with Gasteiger partial charge in [0, 0.05) is 30.6 Å². The van der Waals surface area contributed by atoms with Gasteiger partial charge in [-0.2, -0.15) is 0 Å². The van der Waals surface area contributed by atoms with E-state index in [2.05, 4.69) is 20.2 Å². The number of nitrogens with zero attached hydrogens (tertiary/aromatic N) is 5. The number of fused-ring (bicyclic) bond motifs is 1. The molecule has 0 aliphatic carbocycles. The van der Waals surface area contributed by atoms with Gasteiger partial charge in [0.25, 0.3) is 0 Å². The van der Waals surface area contributed by atoms with Crippen LogP contribution in [0, 0.1) is 0 Å². The van der Waals surface area contributed by atoms with Gasteiger partial charge in [-0.15, -0.1) is 0 Å². The van der Waals surface area contributed by atoms with Gasteiger partial charge >= 0.3 is 5.97 Å². The SMILES string of the molecule is CN1CCNCC1C1=C(C(=O)OCc2ccccc2)N2C(=O)C(N=[N+]=[N-])C2C1. The molecule has 0 spiro atoms. The van der Waals surface area contributed by atoms with E-state index >= 15 is 0 Å². The molecule has 9 heteroatoms. The Morgan fingerprint density at radius 1 is 1.39 bits per heavy atom. The Kier molecular flexibility index (Phi) is 5.04. The summed E-state index contributed by atoms with van der Waals surface area (Å²) in [5.41, 5.74) is 10.8. The van der Waals surface area contributed by atoms with E-state index in [-0.39, 0.29) is 24.6 Å². The van der Waals surface area contributed by atoms with Crippen molar-refractivity contribution in [2.24, 2.45) is 5.11 Å². The molecule has 0 bridgehead atoms. The van der Waals surface area contributed by atoms with E-state index in [1.165, 1.54) is 4.90 Å². The lowest BCUT2D eigenvalue weighted by Gasteiger charge is -2.41. The van der Waals surface area contributed by atoms with Crippen molar-refractivity contribution in [2.75, 3.05) is 26.7 Å². The highest BCUT2D eigenvalue weighted by Crippen LogP contribution is 2.42. The van der Waals surface area contributed by atoms with E-state index in [0.717, 1.165) is 24.2 Å². The third-order valence-corrected chi connectivity index (χ3v) is 5.66. The quantitative estimate of drug-likeness (QED) is 0.270. The average molecular weight is 382 g/mol. The van der Waals surface area contributed by atoms with Gasteiger partial charge in [0.1, 0.15) is 18.3 Å². The zero-order valence-electron chi connectivity index (χ0n) is 15.6. The first-order valence-corrected chi connectivity index (χ1v) is 9.34. The number of nitrogens with one attached hydrogen (secondary N) is 1. The number of benzene rings is 1. The van der Waals surface area contributed by atoms with Gasteiger partial charge in [0.2, 0.25) is 5.91 Å². The summed E-state index contributed by atoms with van der Waals surface area (Å²) in [5, 5.41) is 6.96. The number of carbonyl (C=O) groups excluding carboxylic acids is 2. The first kappa shape index (κ1) is 18.5. The summed E-state index contributed by atoms with van der Waals surface area (Å²) < 4.78 is 5.53. The molecule has 3 heterocycles. The number of hydrogen-bond acceptors (Lipinski definition) is 6. The van der Waals surface area contributed by atoms with Gasteiger partial charge in [-0.3, -0.25) is 9.69 Å². The standard InChI is InChI=1S/C19H22N6O3/c1-24-8-7-21-10-15(24)13-9-14-16(22-23-20)18(26)25(14)17(13)19(27)28-11-12-5-3-2-4-6-12/h2-6,14-16,21H,7-11H2,1H3. The van der Waals surface area contributed by atoms with Gasteiger partial charge in [-0.05, 0) is 30.1 Å². The van der Waals surface area contributed by atoms with Crippen LogP contribution in [0.5, 0.6) is 0 Å². The second-order valence-corrected chi connectivity index (χ2v) is 7.27. The second kappa shape index (κ2) is 7.63. The molecule has 2 saturated heterocycles. The zero-order valence-corrected chi connectivity index (χ0v) is 15.6. The molecule has 4 rings (SSSR count). The van der Waals surface area contributed by atoms with E-state index in [1.807, 2.05) is 37.4 Å². The molecule has 3 aliphatic rings. The Balaban J connectivity index is 1.60. The molecule has 9 nitrogen and oxygen atoms in total. The highest BCUT2D eigenvalue weighted by molar-refractivity contribution is 6.02. The first-order valence-electron chi connectivity index (χ1n) is 9.34. The van der Waals surface area contributed by atoms with Crippen LogP contribution in [0.25, 0.3) is 10.4 Å². The van der Waals surface area contributed by atoms with Gasteiger partial charge in [0.05, 0.1) is 6.04 Å². The van der Waals surface area contributed by atoms with Crippen molar-refractivity contribution in [3.8, 4) is 0 Å². The largest absolute Gasteiger partial charge is 0.456 e. The third kappa shape index (κ3) is 3.13.